The highest BCUT2D eigenvalue weighted by molar-refractivity contribution is 7.80. The molecule has 4 nitrogen and oxygen atoms in total. The predicted octanol–water partition coefficient (Wildman–Crippen LogP) is 0.361. The van der Waals surface area contributed by atoms with Crippen LogP contribution in [0, 0.1) is 0 Å². The second kappa shape index (κ2) is 5.77. The van der Waals surface area contributed by atoms with Gasteiger partial charge >= 0.3 is 0 Å². The Labute approximate surface area is 101 Å². The van der Waals surface area contributed by atoms with Crippen molar-refractivity contribution in [1.29, 1.82) is 0 Å². The SMILES string of the molecule is S=C(NCc1ccncc1)N1CCNCC1. The first-order valence-corrected chi connectivity index (χ1v) is 5.89. The Balaban J connectivity index is 1.79. The summed E-state index contributed by atoms with van der Waals surface area (Å²) in [5.41, 5.74) is 1.20. The molecular formula is C11H16N4S. The minimum absolute atomic E-state index is 0.769. The molecule has 1 aromatic heterocycles. The van der Waals surface area contributed by atoms with E-state index in [1.807, 2.05) is 12.1 Å². The molecule has 2 rings (SSSR count). The maximum Gasteiger partial charge on any atom is 0.169 e. The molecule has 1 saturated heterocycles. The van der Waals surface area contributed by atoms with Gasteiger partial charge in [-0.1, -0.05) is 0 Å². The highest BCUT2D eigenvalue weighted by Crippen LogP contribution is 1.98. The fourth-order valence-corrected chi connectivity index (χ4v) is 1.91. The van der Waals surface area contributed by atoms with Crippen LogP contribution in [-0.4, -0.2) is 41.2 Å². The Hall–Kier alpha value is -1.20. The number of hydrogen-bond donors (Lipinski definition) is 2. The lowest BCUT2D eigenvalue weighted by molar-refractivity contribution is 0.352. The van der Waals surface area contributed by atoms with Gasteiger partial charge in [0.2, 0.25) is 0 Å². The molecule has 5 heteroatoms. The van der Waals surface area contributed by atoms with Crippen molar-refractivity contribution >= 4 is 17.3 Å². The van der Waals surface area contributed by atoms with Crippen molar-refractivity contribution in [3.05, 3.63) is 30.1 Å². The molecule has 1 aromatic rings. The third-order valence-electron chi connectivity index (χ3n) is 2.60. The summed E-state index contributed by atoms with van der Waals surface area (Å²) in [6.07, 6.45) is 3.59. The molecule has 0 aromatic carbocycles. The van der Waals surface area contributed by atoms with Crippen molar-refractivity contribution in [2.45, 2.75) is 6.54 Å². The summed E-state index contributed by atoms with van der Waals surface area (Å²) in [4.78, 5) is 6.18. The zero-order valence-electron chi connectivity index (χ0n) is 9.15. The van der Waals surface area contributed by atoms with Gasteiger partial charge in [0.25, 0.3) is 0 Å². The van der Waals surface area contributed by atoms with Crippen LogP contribution in [0.2, 0.25) is 0 Å². The number of piperazine rings is 1. The zero-order chi connectivity index (χ0) is 11.2. The van der Waals surface area contributed by atoms with Crippen LogP contribution in [0.3, 0.4) is 0 Å². The van der Waals surface area contributed by atoms with E-state index in [9.17, 15) is 0 Å². The quantitative estimate of drug-likeness (QED) is 0.726. The largest absolute Gasteiger partial charge is 0.358 e. The summed E-state index contributed by atoms with van der Waals surface area (Å²) in [6.45, 7) is 4.77. The molecule has 0 bridgehead atoms. The Kier molecular flexibility index (Phi) is 4.07. The van der Waals surface area contributed by atoms with Crippen LogP contribution >= 0.6 is 12.2 Å². The van der Waals surface area contributed by atoms with Crippen LogP contribution in [0.15, 0.2) is 24.5 Å². The highest BCUT2D eigenvalue weighted by atomic mass is 32.1. The molecule has 0 aliphatic carbocycles. The molecule has 0 saturated carbocycles. The van der Waals surface area contributed by atoms with E-state index in [-0.39, 0.29) is 0 Å². The molecule has 0 amide bonds. The number of rotatable bonds is 2. The lowest BCUT2D eigenvalue weighted by Crippen LogP contribution is -2.49. The van der Waals surface area contributed by atoms with Crippen LogP contribution in [0.25, 0.3) is 0 Å². The molecule has 16 heavy (non-hydrogen) atoms. The summed E-state index contributed by atoms with van der Waals surface area (Å²) in [7, 11) is 0. The lowest BCUT2D eigenvalue weighted by atomic mass is 10.3. The van der Waals surface area contributed by atoms with E-state index >= 15 is 0 Å². The number of nitrogens with one attached hydrogen (secondary N) is 2. The first kappa shape index (κ1) is 11.3. The van der Waals surface area contributed by atoms with Crippen molar-refractivity contribution in [2.24, 2.45) is 0 Å². The third-order valence-corrected chi connectivity index (χ3v) is 3.00. The van der Waals surface area contributed by atoms with E-state index in [2.05, 4.69) is 20.5 Å². The minimum atomic E-state index is 0.769. The molecule has 1 aliphatic heterocycles. The Morgan fingerprint density at radius 1 is 1.38 bits per heavy atom. The number of thiocarbonyl (C=S) groups is 1. The molecule has 0 unspecified atom stereocenters. The molecule has 0 spiro atoms. The average molecular weight is 236 g/mol. The van der Waals surface area contributed by atoms with Gasteiger partial charge in [-0.2, -0.15) is 0 Å². The van der Waals surface area contributed by atoms with Crippen molar-refractivity contribution < 1.29 is 0 Å². The average Bonchev–Trinajstić information content (AvgIpc) is 2.38. The van der Waals surface area contributed by atoms with E-state index in [0.29, 0.717) is 0 Å². The highest BCUT2D eigenvalue weighted by Gasteiger charge is 2.11. The van der Waals surface area contributed by atoms with Gasteiger partial charge in [-0.15, -0.1) is 0 Å². The van der Waals surface area contributed by atoms with Gasteiger partial charge in [0, 0.05) is 45.1 Å². The van der Waals surface area contributed by atoms with Crippen molar-refractivity contribution in [2.75, 3.05) is 26.2 Å². The molecule has 0 atom stereocenters. The van der Waals surface area contributed by atoms with Crippen LogP contribution < -0.4 is 10.6 Å². The smallest absolute Gasteiger partial charge is 0.169 e. The Morgan fingerprint density at radius 3 is 2.75 bits per heavy atom. The topological polar surface area (TPSA) is 40.2 Å². The van der Waals surface area contributed by atoms with Crippen LogP contribution in [-0.2, 0) is 6.54 Å². The number of nitrogens with zero attached hydrogens (tertiary/aromatic N) is 2. The fourth-order valence-electron chi connectivity index (χ4n) is 1.66. The van der Waals surface area contributed by atoms with Gasteiger partial charge in [0.15, 0.2) is 5.11 Å². The van der Waals surface area contributed by atoms with Gasteiger partial charge in [-0.25, -0.2) is 0 Å². The second-order valence-corrected chi connectivity index (χ2v) is 4.14. The first-order chi connectivity index (χ1) is 7.86. The van der Waals surface area contributed by atoms with Crippen LogP contribution in [0.1, 0.15) is 5.56 Å². The van der Waals surface area contributed by atoms with E-state index in [4.69, 9.17) is 12.2 Å². The molecule has 2 N–H and O–H groups in total. The standard InChI is InChI=1S/C11H16N4S/c16-11(15-7-5-13-6-8-15)14-9-10-1-3-12-4-2-10/h1-4,13H,5-9H2,(H,14,16). The van der Waals surface area contributed by atoms with Gasteiger partial charge in [-0.05, 0) is 29.9 Å². The molecule has 1 aliphatic rings. The van der Waals surface area contributed by atoms with Crippen molar-refractivity contribution in [3.8, 4) is 0 Å². The summed E-state index contributed by atoms with van der Waals surface area (Å²) in [5.74, 6) is 0. The molecule has 1 fully saturated rings. The predicted molar refractivity (Wildman–Crippen MR) is 68.1 cm³/mol. The van der Waals surface area contributed by atoms with Crippen LogP contribution in [0.5, 0.6) is 0 Å². The van der Waals surface area contributed by atoms with E-state index in [1.165, 1.54) is 5.56 Å². The number of hydrogen-bond acceptors (Lipinski definition) is 3. The summed E-state index contributed by atoms with van der Waals surface area (Å²) >= 11 is 5.34. The monoisotopic (exact) mass is 236 g/mol. The van der Waals surface area contributed by atoms with Crippen molar-refractivity contribution in [1.82, 2.24) is 20.5 Å². The Morgan fingerprint density at radius 2 is 2.06 bits per heavy atom. The summed E-state index contributed by atoms with van der Waals surface area (Å²) in [6, 6.07) is 3.99. The van der Waals surface area contributed by atoms with Gasteiger partial charge in [-0.3, -0.25) is 4.98 Å². The second-order valence-electron chi connectivity index (χ2n) is 3.75. The third kappa shape index (κ3) is 3.15. The molecule has 2 heterocycles. The van der Waals surface area contributed by atoms with Crippen LogP contribution in [0.4, 0.5) is 0 Å². The number of pyridine rings is 1. The maximum absolute atomic E-state index is 5.34. The van der Waals surface area contributed by atoms with Crippen molar-refractivity contribution in [3.63, 3.8) is 0 Å². The van der Waals surface area contributed by atoms with Gasteiger partial charge in [0.05, 0.1) is 0 Å². The zero-order valence-corrected chi connectivity index (χ0v) is 9.96. The van der Waals surface area contributed by atoms with Gasteiger partial charge < -0.3 is 15.5 Å². The lowest BCUT2D eigenvalue weighted by Gasteiger charge is -2.29. The summed E-state index contributed by atoms with van der Waals surface area (Å²) < 4.78 is 0. The van der Waals surface area contributed by atoms with E-state index in [1.54, 1.807) is 12.4 Å². The molecule has 86 valence electrons. The minimum Gasteiger partial charge on any atom is -0.358 e. The Bertz CT molecular complexity index is 335. The molecule has 0 radical (unpaired) electrons. The molecular weight excluding hydrogens is 220 g/mol. The van der Waals surface area contributed by atoms with E-state index in [0.717, 1.165) is 37.8 Å². The summed E-state index contributed by atoms with van der Waals surface area (Å²) in [5, 5.41) is 7.42. The number of aromatic nitrogens is 1. The fraction of sp³-hybridized carbons (Fsp3) is 0.455. The van der Waals surface area contributed by atoms with E-state index < -0.39 is 0 Å². The normalized spacial score (nSPS) is 15.9. The van der Waals surface area contributed by atoms with Gasteiger partial charge in [0.1, 0.15) is 0 Å². The first-order valence-electron chi connectivity index (χ1n) is 5.48. The maximum atomic E-state index is 5.34.